The van der Waals surface area contributed by atoms with E-state index in [0.29, 0.717) is 11.8 Å². The normalized spacial score (nSPS) is 14.6. The molecule has 0 bridgehead atoms. The van der Waals surface area contributed by atoms with E-state index in [9.17, 15) is 0 Å². The summed E-state index contributed by atoms with van der Waals surface area (Å²) in [5.74, 6) is 2.09. The number of nitrogens with one attached hydrogen (secondary N) is 1. The average Bonchev–Trinajstić information content (AvgIpc) is 3.09. The molecule has 0 unspecified atom stereocenters. The van der Waals surface area contributed by atoms with E-state index in [1.165, 1.54) is 0 Å². The van der Waals surface area contributed by atoms with Crippen molar-refractivity contribution >= 4 is 52.4 Å². The summed E-state index contributed by atoms with van der Waals surface area (Å²) in [7, 11) is 0. The number of hydrogen-bond acceptors (Lipinski definition) is 4. The minimum absolute atomic E-state index is 0. The molecule has 0 atom stereocenters. The third-order valence-corrected chi connectivity index (χ3v) is 3.16. The van der Waals surface area contributed by atoms with Crippen molar-refractivity contribution in [1.82, 2.24) is 4.98 Å². The van der Waals surface area contributed by atoms with Gasteiger partial charge in [0.15, 0.2) is 17.2 Å². The summed E-state index contributed by atoms with van der Waals surface area (Å²) in [6.45, 7) is 0. The van der Waals surface area contributed by atoms with Gasteiger partial charge in [0.25, 0.3) is 0 Å². The second-order valence-corrected chi connectivity index (χ2v) is 4.63. The molecule has 104 valence electrons. The second kappa shape index (κ2) is 6.40. The SMILES string of the molecule is C(=Cc1nc2ccccc2o1)C=C1Nc2ccccc2O1.[NaH]. The minimum atomic E-state index is 0. The monoisotopic (exact) mass is 300 g/mol. The number of ether oxygens (including phenoxy) is 1. The van der Waals surface area contributed by atoms with Crippen LogP contribution in [-0.4, -0.2) is 34.5 Å². The van der Waals surface area contributed by atoms with Crippen LogP contribution in [0.2, 0.25) is 0 Å². The Bertz CT molecular complexity index is 808. The molecule has 5 heteroatoms. The summed E-state index contributed by atoms with van der Waals surface area (Å²) in [6.07, 6.45) is 5.49. The standard InChI is InChI=1S/C17H12N2O2.Na.H/c1-3-8-14-12(6-1)18-16(20-14)10-5-11-17-19-13-7-2-4-9-15(13)21-17;;/h1-11,18H;;. The van der Waals surface area contributed by atoms with Crippen molar-refractivity contribution in [3.63, 3.8) is 0 Å². The molecule has 0 spiro atoms. The first-order valence-electron chi connectivity index (χ1n) is 6.66. The molecule has 4 rings (SSSR count). The molecule has 0 saturated carbocycles. The maximum atomic E-state index is 5.65. The summed E-state index contributed by atoms with van der Waals surface area (Å²) >= 11 is 0. The Hall–Kier alpha value is -2.01. The number of aromatic nitrogens is 1. The van der Waals surface area contributed by atoms with Gasteiger partial charge in [0.1, 0.15) is 5.52 Å². The fourth-order valence-corrected chi connectivity index (χ4v) is 2.19. The molecule has 1 N–H and O–H groups in total. The fraction of sp³-hybridized carbons (Fsp3) is 0. The zero-order chi connectivity index (χ0) is 14.1. The molecule has 2 aromatic carbocycles. The number of para-hydroxylation sites is 4. The van der Waals surface area contributed by atoms with Crippen molar-refractivity contribution in [3.8, 4) is 5.75 Å². The summed E-state index contributed by atoms with van der Waals surface area (Å²) in [5, 5.41) is 3.18. The molecule has 0 amide bonds. The predicted molar refractivity (Wildman–Crippen MR) is 89.0 cm³/mol. The van der Waals surface area contributed by atoms with E-state index in [2.05, 4.69) is 10.3 Å². The van der Waals surface area contributed by atoms with E-state index >= 15 is 0 Å². The van der Waals surface area contributed by atoms with Crippen LogP contribution in [0.3, 0.4) is 0 Å². The van der Waals surface area contributed by atoms with Gasteiger partial charge in [-0.3, -0.25) is 0 Å². The molecular weight excluding hydrogens is 287 g/mol. The van der Waals surface area contributed by atoms with Crippen molar-refractivity contribution in [2.24, 2.45) is 0 Å². The molecule has 0 aliphatic carbocycles. The number of oxazole rings is 1. The summed E-state index contributed by atoms with van der Waals surface area (Å²) in [4.78, 5) is 4.37. The Morgan fingerprint density at radius 1 is 1.00 bits per heavy atom. The van der Waals surface area contributed by atoms with Crippen molar-refractivity contribution in [3.05, 3.63) is 72.5 Å². The maximum absolute atomic E-state index is 5.65. The number of hydrogen-bond donors (Lipinski definition) is 1. The van der Waals surface area contributed by atoms with E-state index in [1.54, 1.807) is 6.08 Å². The number of anilines is 1. The molecule has 1 aliphatic heterocycles. The molecule has 22 heavy (non-hydrogen) atoms. The van der Waals surface area contributed by atoms with Gasteiger partial charge in [0.05, 0.1) is 5.69 Å². The summed E-state index contributed by atoms with van der Waals surface area (Å²) in [5.41, 5.74) is 2.61. The van der Waals surface area contributed by atoms with Crippen LogP contribution in [0, 0.1) is 0 Å². The zero-order valence-corrected chi connectivity index (χ0v) is 11.1. The Morgan fingerprint density at radius 3 is 2.68 bits per heavy atom. The van der Waals surface area contributed by atoms with E-state index < -0.39 is 0 Å². The number of rotatable bonds is 2. The van der Waals surface area contributed by atoms with Gasteiger partial charge in [-0.15, -0.1) is 0 Å². The Balaban J connectivity index is 0.00000144. The van der Waals surface area contributed by atoms with Gasteiger partial charge < -0.3 is 14.5 Å². The van der Waals surface area contributed by atoms with Crippen LogP contribution in [-0.2, 0) is 0 Å². The van der Waals surface area contributed by atoms with Crippen LogP contribution in [0.25, 0.3) is 17.2 Å². The fourth-order valence-electron chi connectivity index (χ4n) is 2.19. The molecular formula is C17H13N2NaO2. The van der Waals surface area contributed by atoms with Gasteiger partial charge in [-0.1, -0.05) is 30.3 Å². The summed E-state index contributed by atoms with van der Waals surface area (Å²) < 4.78 is 11.3. The van der Waals surface area contributed by atoms with E-state index in [4.69, 9.17) is 9.15 Å². The number of nitrogens with zero attached hydrogens (tertiary/aromatic N) is 1. The number of fused-ring (bicyclic) bond motifs is 2. The molecule has 1 aromatic heterocycles. The first kappa shape index (κ1) is 14.9. The van der Waals surface area contributed by atoms with Gasteiger partial charge >= 0.3 is 29.6 Å². The Kier molecular flexibility index (Phi) is 4.34. The van der Waals surface area contributed by atoms with Crippen molar-refractivity contribution in [2.75, 3.05) is 5.32 Å². The van der Waals surface area contributed by atoms with Crippen LogP contribution < -0.4 is 10.1 Å². The second-order valence-electron chi connectivity index (χ2n) is 4.63. The zero-order valence-electron chi connectivity index (χ0n) is 11.1. The van der Waals surface area contributed by atoms with E-state index in [1.807, 2.05) is 60.7 Å². The molecule has 0 radical (unpaired) electrons. The average molecular weight is 300 g/mol. The predicted octanol–water partition coefficient (Wildman–Crippen LogP) is 3.54. The van der Waals surface area contributed by atoms with Gasteiger partial charge in [-0.05, 0) is 30.3 Å². The number of benzene rings is 2. The third-order valence-electron chi connectivity index (χ3n) is 3.16. The van der Waals surface area contributed by atoms with Gasteiger partial charge in [-0.25, -0.2) is 4.98 Å². The van der Waals surface area contributed by atoms with Crippen LogP contribution in [0.15, 0.2) is 71.0 Å². The third kappa shape index (κ3) is 2.95. The molecule has 4 nitrogen and oxygen atoms in total. The van der Waals surface area contributed by atoms with E-state index in [-0.39, 0.29) is 29.6 Å². The van der Waals surface area contributed by atoms with E-state index in [0.717, 1.165) is 22.5 Å². The van der Waals surface area contributed by atoms with Gasteiger partial charge in [0.2, 0.25) is 5.89 Å². The molecule has 0 saturated heterocycles. The van der Waals surface area contributed by atoms with Crippen LogP contribution in [0.5, 0.6) is 5.75 Å². The van der Waals surface area contributed by atoms with Crippen LogP contribution in [0.1, 0.15) is 5.89 Å². The number of allylic oxidation sites excluding steroid dienone is 2. The first-order chi connectivity index (χ1) is 10.4. The Morgan fingerprint density at radius 2 is 1.82 bits per heavy atom. The van der Waals surface area contributed by atoms with Crippen LogP contribution >= 0.6 is 0 Å². The Labute approximate surface area is 149 Å². The molecule has 3 aromatic rings. The van der Waals surface area contributed by atoms with Crippen molar-refractivity contribution < 1.29 is 9.15 Å². The van der Waals surface area contributed by atoms with Gasteiger partial charge in [0, 0.05) is 6.08 Å². The topological polar surface area (TPSA) is 47.3 Å². The molecule has 1 aliphatic rings. The van der Waals surface area contributed by atoms with Crippen LogP contribution in [0.4, 0.5) is 5.69 Å². The molecule has 0 fully saturated rings. The van der Waals surface area contributed by atoms with Crippen molar-refractivity contribution in [2.45, 2.75) is 0 Å². The van der Waals surface area contributed by atoms with Gasteiger partial charge in [-0.2, -0.15) is 0 Å². The quantitative estimate of drug-likeness (QED) is 0.735. The summed E-state index contributed by atoms with van der Waals surface area (Å²) in [6, 6.07) is 15.5. The van der Waals surface area contributed by atoms with Crippen molar-refractivity contribution in [1.29, 1.82) is 0 Å². The molecule has 2 heterocycles. The first-order valence-corrected chi connectivity index (χ1v) is 6.66.